The van der Waals surface area contributed by atoms with Crippen LogP contribution in [0.5, 0.6) is 11.5 Å². The number of ether oxygens (including phenoxy) is 4. The molecule has 1 aromatic carbocycles. The number of phenolic OH excluding ortho intramolecular Hbond substituents is 1. The SMILES string of the molecule is Cc1cc(=O)c2c(O)c3c(cc2o1)OC(C)(C)[C@@H](O[C@@H]1O[C@H](COC(=O)CC(=O)O)[C@@H](O)[C@H](O)[C@H]1O)C3. The number of aliphatic hydroxyl groups is 3. The molecule has 1 fully saturated rings. The van der Waals surface area contributed by atoms with Gasteiger partial charge in [0, 0.05) is 24.1 Å². The van der Waals surface area contributed by atoms with E-state index < -0.39 is 72.8 Å². The second kappa shape index (κ2) is 9.91. The predicted octanol–water partition coefficient (Wildman–Crippen LogP) is -0.269. The third-order valence-electron chi connectivity index (χ3n) is 6.39. The Morgan fingerprint density at radius 1 is 1.14 bits per heavy atom. The molecule has 6 atom stereocenters. The number of benzene rings is 1. The van der Waals surface area contributed by atoms with Crippen LogP contribution in [0.1, 0.15) is 31.6 Å². The van der Waals surface area contributed by atoms with E-state index in [0.717, 1.165) is 0 Å². The average Bonchev–Trinajstić information content (AvgIpc) is 2.78. The minimum Gasteiger partial charge on any atom is -0.507 e. The van der Waals surface area contributed by atoms with Crippen LogP contribution in [0.2, 0.25) is 0 Å². The Balaban J connectivity index is 1.56. The maximum Gasteiger partial charge on any atom is 0.317 e. The lowest BCUT2D eigenvalue weighted by atomic mass is 9.89. The van der Waals surface area contributed by atoms with Crippen molar-refractivity contribution in [2.24, 2.45) is 0 Å². The predicted molar refractivity (Wildman–Crippen MR) is 122 cm³/mol. The molecular weight excluding hydrogens is 496 g/mol. The summed E-state index contributed by atoms with van der Waals surface area (Å²) < 4.78 is 27.9. The van der Waals surface area contributed by atoms with Crippen molar-refractivity contribution >= 4 is 22.9 Å². The highest BCUT2D eigenvalue weighted by Gasteiger charge is 2.48. The van der Waals surface area contributed by atoms with Gasteiger partial charge in [-0.25, -0.2) is 0 Å². The van der Waals surface area contributed by atoms with Crippen molar-refractivity contribution in [2.45, 2.75) is 76.0 Å². The first kappa shape index (κ1) is 26.8. The standard InChI is InChI=1S/C24H28O13/c1-9-4-11(25)18-13(34-9)6-12-10(19(18)29)5-15(24(2,3)37-12)36-23-22(32)21(31)20(30)14(35-23)8-33-17(28)7-16(26)27/h4,6,14-15,20-23,29-32H,5,7-8H2,1-3H3,(H,26,27)/t14-,15+,20-,21+,22-,23+/m1/s1. The number of rotatable bonds is 6. The van der Waals surface area contributed by atoms with Gasteiger partial charge in [-0.3, -0.25) is 14.4 Å². The Morgan fingerprint density at radius 2 is 1.84 bits per heavy atom. The number of aliphatic hydroxyl groups excluding tert-OH is 3. The highest BCUT2D eigenvalue weighted by molar-refractivity contribution is 5.90. The van der Waals surface area contributed by atoms with Crippen molar-refractivity contribution in [1.29, 1.82) is 0 Å². The number of aromatic hydroxyl groups is 1. The highest BCUT2D eigenvalue weighted by atomic mass is 16.7. The number of hydrogen-bond acceptors (Lipinski definition) is 12. The molecule has 0 radical (unpaired) electrons. The summed E-state index contributed by atoms with van der Waals surface area (Å²) >= 11 is 0. The molecule has 0 bridgehead atoms. The molecule has 2 aliphatic rings. The molecule has 13 heteroatoms. The lowest BCUT2D eigenvalue weighted by Crippen LogP contribution is -2.61. The molecule has 4 rings (SSSR count). The molecule has 0 amide bonds. The van der Waals surface area contributed by atoms with E-state index in [4.69, 9.17) is 28.5 Å². The number of carbonyl (C=O) groups excluding carboxylic acids is 1. The lowest BCUT2D eigenvalue weighted by Gasteiger charge is -2.45. The first-order valence-corrected chi connectivity index (χ1v) is 11.5. The summed E-state index contributed by atoms with van der Waals surface area (Å²) in [6.45, 7) is 4.36. The Hall–Kier alpha value is -3.23. The van der Waals surface area contributed by atoms with Crippen LogP contribution < -0.4 is 10.2 Å². The highest BCUT2D eigenvalue weighted by Crippen LogP contribution is 2.43. The van der Waals surface area contributed by atoms with Crippen molar-refractivity contribution < 1.29 is 58.5 Å². The number of aryl methyl sites for hydroxylation is 1. The van der Waals surface area contributed by atoms with Crippen LogP contribution in [0.4, 0.5) is 0 Å². The van der Waals surface area contributed by atoms with E-state index in [-0.39, 0.29) is 34.5 Å². The molecule has 0 aliphatic carbocycles. The zero-order chi connectivity index (χ0) is 27.2. The van der Waals surface area contributed by atoms with Gasteiger partial charge in [0.05, 0.1) is 0 Å². The van der Waals surface area contributed by atoms with Crippen LogP contribution in [0, 0.1) is 6.92 Å². The number of carbonyl (C=O) groups is 2. The average molecular weight is 524 g/mol. The van der Waals surface area contributed by atoms with Crippen LogP contribution >= 0.6 is 0 Å². The van der Waals surface area contributed by atoms with E-state index in [9.17, 15) is 34.8 Å². The lowest BCUT2D eigenvalue weighted by molar-refractivity contribution is -0.321. The number of phenols is 1. The quantitative estimate of drug-likeness (QED) is 0.244. The van der Waals surface area contributed by atoms with Gasteiger partial charge in [0.2, 0.25) is 0 Å². The maximum atomic E-state index is 12.5. The summed E-state index contributed by atoms with van der Waals surface area (Å²) in [6.07, 6.45) is -9.76. The van der Waals surface area contributed by atoms with Gasteiger partial charge in [-0.1, -0.05) is 0 Å². The van der Waals surface area contributed by atoms with Crippen LogP contribution in [0.25, 0.3) is 11.0 Å². The second-order valence-corrected chi connectivity index (χ2v) is 9.60. The molecule has 2 aromatic rings. The largest absolute Gasteiger partial charge is 0.507 e. The van der Waals surface area contributed by atoms with Gasteiger partial charge in [-0.2, -0.15) is 0 Å². The first-order valence-electron chi connectivity index (χ1n) is 11.5. The van der Waals surface area contributed by atoms with Gasteiger partial charge in [0.25, 0.3) is 0 Å². The molecule has 1 saturated heterocycles. The third-order valence-corrected chi connectivity index (χ3v) is 6.39. The summed E-state index contributed by atoms with van der Waals surface area (Å²) in [5, 5.41) is 50.6. The topological polar surface area (TPSA) is 202 Å². The normalized spacial score (nSPS) is 28.8. The molecular formula is C24H28O13. The first-order chi connectivity index (χ1) is 17.3. The van der Waals surface area contributed by atoms with Crippen LogP contribution in [-0.4, -0.2) is 86.5 Å². The molecule has 3 heterocycles. The van der Waals surface area contributed by atoms with E-state index in [0.29, 0.717) is 5.76 Å². The Morgan fingerprint density at radius 3 is 2.51 bits per heavy atom. The van der Waals surface area contributed by atoms with Crippen molar-refractivity contribution in [1.82, 2.24) is 0 Å². The van der Waals surface area contributed by atoms with Crippen molar-refractivity contribution in [3.8, 4) is 11.5 Å². The molecule has 0 unspecified atom stereocenters. The number of fused-ring (bicyclic) bond motifs is 2. The zero-order valence-electron chi connectivity index (χ0n) is 20.2. The smallest absolute Gasteiger partial charge is 0.317 e. The number of esters is 1. The minimum absolute atomic E-state index is 0.0148. The molecule has 13 nitrogen and oxygen atoms in total. The van der Waals surface area contributed by atoms with Gasteiger partial charge >= 0.3 is 11.9 Å². The fourth-order valence-electron chi connectivity index (χ4n) is 4.40. The number of carboxylic acids is 1. The molecule has 37 heavy (non-hydrogen) atoms. The molecule has 0 saturated carbocycles. The van der Waals surface area contributed by atoms with E-state index in [2.05, 4.69) is 0 Å². The van der Waals surface area contributed by atoms with Crippen LogP contribution in [-0.2, 0) is 30.2 Å². The molecule has 1 aromatic heterocycles. The van der Waals surface area contributed by atoms with E-state index in [1.54, 1.807) is 20.8 Å². The van der Waals surface area contributed by atoms with E-state index >= 15 is 0 Å². The van der Waals surface area contributed by atoms with Crippen molar-refractivity contribution in [3.05, 3.63) is 33.7 Å². The van der Waals surface area contributed by atoms with Gasteiger partial charge in [0.1, 0.15) is 77.4 Å². The van der Waals surface area contributed by atoms with Gasteiger partial charge in [-0.05, 0) is 20.8 Å². The molecule has 5 N–H and O–H groups in total. The van der Waals surface area contributed by atoms with Crippen molar-refractivity contribution in [3.63, 3.8) is 0 Å². The third kappa shape index (κ3) is 5.26. The van der Waals surface area contributed by atoms with Crippen LogP contribution in [0.3, 0.4) is 0 Å². The monoisotopic (exact) mass is 524 g/mol. The van der Waals surface area contributed by atoms with E-state index in [1.165, 1.54) is 12.1 Å². The number of hydrogen-bond donors (Lipinski definition) is 5. The summed E-state index contributed by atoms with van der Waals surface area (Å²) in [4.78, 5) is 34.7. The maximum absolute atomic E-state index is 12.5. The fraction of sp³-hybridized carbons (Fsp3) is 0.542. The zero-order valence-corrected chi connectivity index (χ0v) is 20.2. The van der Waals surface area contributed by atoms with Crippen molar-refractivity contribution in [2.75, 3.05) is 6.61 Å². The summed E-state index contributed by atoms with van der Waals surface area (Å²) in [6, 6.07) is 2.75. The molecule has 202 valence electrons. The fourth-order valence-corrected chi connectivity index (χ4v) is 4.40. The Bertz CT molecular complexity index is 1270. The second-order valence-electron chi connectivity index (χ2n) is 9.60. The number of aliphatic carboxylic acids is 1. The summed E-state index contributed by atoms with van der Waals surface area (Å²) in [7, 11) is 0. The number of carboxylic acid groups (broad SMARTS) is 1. The molecule has 0 spiro atoms. The Labute approximate surface area is 209 Å². The van der Waals surface area contributed by atoms with Gasteiger partial charge in [0.15, 0.2) is 11.7 Å². The van der Waals surface area contributed by atoms with Gasteiger partial charge < -0.3 is 48.9 Å². The summed E-state index contributed by atoms with van der Waals surface area (Å²) in [5.74, 6) is -2.19. The van der Waals surface area contributed by atoms with Gasteiger partial charge in [-0.15, -0.1) is 0 Å². The summed E-state index contributed by atoms with van der Waals surface area (Å²) in [5.41, 5.74) is -1.09. The van der Waals surface area contributed by atoms with Crippen LogP contribution in [0.15, 0.2) is 21.3 Å². The Kier molecular flexibility index (Phi) is 7.18. The molecule has 2 aliphatic heterocycles. The minimum atomic E-state index is -1.74. The van der Waals surface area contributed by atoms with E-state index in [1.807, 2.05) is 0 Å².